The van der Waals surface area contributed by atoms with Gasteiger partial charge in [-0.2, -0.15) is 4.68 Å². The van der Waals surface area contributed by atoms with Gasteiger partial charge in [-0.3, -0.25) is 9.59 Å². The van der Waals surface area contributed by atoms with Gasteiger partial charge in [0.2, 0.25) is 11.1 Å². The Balaban J connectivity index is 1.46. The second-order valence-corrected chi connectivity index (χ2v) is 8.17. The molecule has 33 heavy (non-hydrogen) atoms. The third-order valence-corrected chi connectivity index (χ3v) is 5.78. The van der Waals surface area contributed by atoms with Crippen LogP contribution in [0.2, 0.25) is 5.02 Å². The molecule has 0 unspecified atom stereocenters. The van der Waals surface area contributed by atoms with E-state index in [0.29, 0.717) is 32.7 Å². The summed E-state index contributed by atoms with van der Waals surface area (Å²) in [5.74, 6) is 0.209. The van der Waals surface area contributed by atoms with Crippen LogP contribution in [0.25, 0.3) is 5.69 Å². The minimum absolute atomic E-state index is 0.0398. The number of ketones is 1. The molecular weight excluding hydrogens is 462 g/mol. The highest BCUT2D eigenvalue weighted by Gasteiger charge is 2.17. The molecule has 10 heteroatoms. The maximum absolute atomic E-state index is 12.9. The maximum Gasteiger partial charge on any atom is 0.234 e. The van der Waals surface area contributed by atoms with E-state index in [1.165, 1.54) is 16.4 Å². The number of methoxy groups -OCH3 is 1. The van der Waals surface area contributed by atoms with E-state index < -0.39 is 0 Å². The molecule has 1 aromatic heterocycles. The molecule has 0 saturated carbocycles. The first-order valence-electron chi connectivity index (χ1n) is 9.80. The van der Waals surface area contributed by atoms with Crippen LogP contribution in [0.3, 0.4) is 0 Å². The number of amides is 1. The Kier molecular flexibility index (Phi) is 7.01. The highest BCUT2D eigenvalue weighted by Crippen LogP contribution is 2.25. The predicted molar refractivity (Wildman–Crippen MR) is 126 cm³/mol. The molecule has 0 aliphatic carbocycles. The number of tetrazole rings is 1. The van der Waals surface area contributed by atoms with E-state index in [4.69, 9.17) is 16.3 Å². The number of aromatic nitrogens is 4. The van der Waals surface area contributed by atoms with Crippen LogP contribution in [-0.2, 0) is 4.79 Å². The Morgan fingerprint density at radius 2 is 1.82 bits per heavy atom. The molecule has 0 saturated heterocycles. The fourth-order valence-electron chi connectivity index (χ4n) is 3.03. The molecule has 4 rings (SSSR count). The lowest BCUT2D eigenvalue weighted by Gasteiger charge is -2.11. The molecule has 166 valence electrons. The van der Waals surface area contributed by atoms with Crippen molar-refractivity contribution in [1.82, 2.24) is 20.2 Å². The van der Waals surface area contributed by atoms with Crippen molar-refractivity contribution in [2.24, 2.45) is 0 Å². The molecule has 0 atom stereocenters. The Morgan fingerprint density at radius 1 is 1.06 bits per heavy atom. The second kappa shape index (κ2) is 10.3. The van der Waals surface area contributed by atoms with Gasteiger partial charge in [0, 0.05) is 16.1 Å². The van der Waals surface area contributed by atoms with Gasteiger partial charge in [-0.15, -0.1) is 5.10 Å². The van der Waals surface area contributed by atoms with E-state index in [1.807, 2.05) is 18.2 Å². The molecule has 0 aliphatic rings. The van der Waals surface area contributed by atoms with Crippen LogP contribution in [0.15, 0.2) is 78.0 Å². The van der Waals surface area contributed by atoms with Gasteiger partial charge < -0.3 is 10.1 Å². The van der Waals surface area contributed by atoms with Gasteiger partial charge >= 0.3 is 0 Å². The van der Waals surface area contributed by atoms with Crippen LogP contribution < -0.4 is 10.1 Å². The standard InChI is InChI=1S/C23H18ClN5O3S/c1-32-18-10-8-17(9-11-18)29-23(26-27-28-29)33-14-21(30)25-20-12-7-16(24)13-19(20)22(31)15-5-3-2-4-6-15/h2-13H,14H2,1H3,(H,25,30). The number of hydrogen-bond donors (Lipinski definition) is 1. The molecule has 0 radical (unpaired) electrons. The lowest BCUT2D eigenvalue weighted by atomic mass is 10.0. The van der Waals surface area contributed by atoms with Crippen LogP contribution in [0.5, 0.6) is 5.75 Å². The van der Waals surface area contributed by atoms with Crippen molar-refractivity contribution in [3.05, 3.63) is 88.9 Å². The van der Waals surface area contributed by atoms with Gasteiger partial charge in [0.15, 0.2) is 5.78 Å². The van der Waals surface area contributed by atoms with Crippen LogP contribution in [0.1, 0.15) is 15.9 Å². The summed E-state index contributed by atoms with van der Waals surface area (Å²) in [7, 11) is 1.59. The summed E-state index contributed by atoms with van der Waals surface area (Å²) in [4.78, 5) is 25.6. The lowest BCUT2D eigenvalue weighted by molar-refractivity contribution is -0.113. The SMILES string of the molecule is COc1ccc(-n2nnnc2SCC(=O)Nc2ccc(Cl)cc2C(=O)c2ccccc2)cc1. The number of nitrogens with one attached hydrogen (secondary N) is 1. The van der Waals surface area contributed by atoms with E-state index in [0.717, 1.165) is 5.69 Å². The van der Waals surface area contributed by atoms with Crippen LogP contribution in [-0.4, -0.2) is 44.8 Å². The van der Waals surface area contributed by atoms with E-state index in [1.54, 1.807) is 61.7 Å². The van der Waals surface area contributed by atoms with Gasteiger partial charge in [0.1, 0.15) is 5.75 Å². The van der Waals surface area contributed by atoms with Crippen LogP contribution in [0.4, 0.5) is 5.69 Å². The van der Waals surface area contributed by atoms with E-state index in [9.17, 15) is 9.59 Å². The fourth-order valence-corrected chi connectivity index (χ4v) is 3.89. The fraction of sp³-hybridized carbons (Fsp3) is 0.0870. The molecule has 0 spiro atoms. The summed E-state index contributed by atoms with van der Waals surface area (Å²) >= 11 is 7.28. The predicted octanol–water partition coefficient (Wildman–Crippen LogP) is 4.29. The number of carbonyl (C=O) groups is 2. The zero-order valence-electron chi connectivity index (χ0n) is 17.4. The number of thioether (sulfide) groups is 1. The largest absolute Gasteiger partial charge is 0.497 e. The molecule has 3 aromatic carbocycles. The van der Waals surface area contributed by atoms with Crippen molar-refractivity contribution >= 4 is 40.7 Å². The van der Waals surface area contributed by atoms with Crippen molar-refractivity contribution in [2.75, 3.05) is 18.2 Å². The molecule has 8 nitrogen and oxygen atoms in total. The highest BCUT2D eigenvalue weighted by atomic mass is 35.5. The number of halogens is 1. The summed E-state index contributed by atoms with van der Waals surface area (Å²) in [5.41, 5.74) is 1.93. The van der Waals surface area contributed by atoms with E-state index >= 15 is 0 Å². The van der Waals surface area contributed by atoms with Gasteiger partial charge in [0.25, 0.3) is 0 Å². The van der Waals surface area contributed by atoms with Crippen molar-refractivity contribution in [1.29, 1.82) is 0 Å². The summed E-state index contributed by atoms with van der Waals surface area (Å²) in [6.45, 7) is 0. The second-order valence-electron chi connectivity index (χ2n) is 6.79. The third kappa shape index (κ3) is 5.39. The first kappa shape index (κ1) is 22.5. The number of benzene rings is 3. The van der Waals surface area contributed by atoms with Gasteiger partial charge in [0.05, 0.1) is 24.2 Å². The molecule has 0 aliphatic heterocycles. The van der Waals surface area contributed by atoms with Gasteiger partial charge in [-0.25, -0.2) is 0 Å². The van der Waals surface area contributed by atoms with E-state index in [2.05, 4.69) is 20.8 Å². The van der Waals surface area contributed by atoms with Crippen LogP contribution in [0, 0.1) is 0 Å². The van der Waals surface area contributed by atoms with Gasteiger partial charge in [-0.05, 0) is 52.9 Å². The Labute approximate surface area is 198 Å². The number of anilines is 1. The molecule has 0 fully saturated rings. The van der Waals surface area contributed by atoms with E-state index in [-0.39, 0.29) is 17.4 Å². The monoisotopic (exact) mass is 479 g/mol. The van der Waals surface area contributed by atoms with Gasteiger partial charge in [-0.1, -0.05) is 53.7 Å². The molecule has 1 amide bonds. The maximum atomic E-state index is 12.9. The molecule has 1 heterocycles. The Bertz CT molecular complexity index is 1280. The molecule has 0 bridgehead atoms. The lowest BCUT2D eigenvalue weighted by Crippen LogP contribution is -2.17. The number of carbonyl (C=O) groups excluding carboxylic acids is 2. The number of rotatable bonds is 8. The Hall–Kier alpha value is -3.69. The quantitative estimate of drug-likeness (QED) is 0.297. The highest BCUT2D eigenvalue weighted by molar-refractivity contribution is 7.99. The van der Waals surface area contributed by atoms with Crippen molar-refractivity contribution in [3.63, 3.8) is 0 Å². The zero-order chi connectivity index (χ0) is 23.2. The van der Waals surface area contributed by atoms with Crippen molar-refractivity contribution in [2.45, 2.75) is 5.16 Å². The average molecular weight is 480 g/mol. The normalized spacial score (nSPS) is 10.6. The minimum atomic E-state index is -0.311. The zero-order valence-corrected chi connectivity index (χ0v) is 19.0. The Morgan fingerprint density at radius 3 is 2.55 bits per heavy atom. The average Bonchev–Trinajstić information content (AvgIpc) is 3.32. The summed E-state index contributed by atoms with van der Waals surface area (Å²) in [6.07, 6.45) is 0. The summed E-state index contributed by atoms with van der Waals surface area (Å²) < 4.78 is 6.69. The number of nitrogens with zero attached hydrogens (tertiary/aromatic N) is 4. The van der Waals surface area contributed by atoms with Crippen LogP contribution >= 0.6 is 23.4 Å². The molecule has 4 aromatic rings. The first-order chi connectivity index (χ1) is 16.0. The third-order valence-electron chi connectivity index (χ3n) is 4.63. The van der Waals surface area contributed by atoms with Crippen molar-refractivity contribution < 1.29 is 14.3 Å². The molecule has 1 N–H and O–H groups in total. The number of hydrogen-bond acceptors (Lipinski definition) is 7. The summed E-state index contributed by atoms with van der Waals surface area (Å²) in [6, 6.07) is 20.8. The molecular formula is C23H18ClN5O3S. The summed E-state index contributed by atoms with van der Waals surface area (Å²) in [5, 5.41) is 15.3. The first-order valence-corrected chi connectivity index (χ1v) is 11.2. The smallest absolute Gasteiger partial charge is 0.234 e. The number of ether oxygens (including phenoxy) is 1. The minimum Gasteiger partial charge on any atom is -0.497 e. The topological polar surface area (TPSA) is 99.0 Å². The van der Waals surface area contributed by atoms with Crippen molar-refractivity contribution in [3.8, 4) is 11.4 Å².